The quantitative estimate of drug-likeness (QED) is 0.809. The van der Waals surface area contributed by atoms with Crippen molar-refractivity contribution >= 4 is 0 Å². The molecule has 2 unspecified atom stereocenters. The molecule has 4 nitrogen and oxygen atoms in total. The lowest BCUT2D eigenvalue weighted by atomic mass is 9.98. The van der Waals surface area contributed by atoms with E-state index in [1.807, 2.05) is 27.7 Å². The number of benzene rings is 1. The first-order valence-electron chi connectivity index (χ1n) is 8.59. The zero-order valence-corrected chi connectivity index (χ0v) is 14.8. The molecule has 1 saturated heterocycles. The first-order chi connectivity index (χ1) is 10.7. The van der Waals surface area contributed by atoms with Crippen LogP contribution in [-0.4, -0.2) is 52.1 Å². The number of hydrogen-bond donors (Lipinski definition) is 2. The lowest BCUT2D eigenvalue weighted by Crippen LogP contribution is -2.29. The SMILES string of the molecule is CC(C)OC1CN(Cc2ccc(CCC(C)(C)O)cc2)CC1O. The van der Waals surface area contributed by atoms with Crippen molar-refractivity contribution in [2.75, 3.05) is 13.1 Å². The van der Waals surface area contributed by atoms with Gasteiger partial charge in [-0.3, -0.25) is 4.90 Å². The van der Waals surface area contributed by atoms with E-state index in [2.05, 4.69) is 29.2 Å². The Hall–Kier alpha value is -0.940. The van der Waals surface area contributed by atoms with Gasteiger partial charge in [0.2, 0.25) is 0 Å². The number of likely N-dealkylation sites (tertiary alicyclic amines) is 1. The monoisotopic (exact) mass is 321 g/mol. The van der Waals surface area contributed by atoms with Crippen molar-refractivity contribution in [3.05, 3.63) is 35.4 Å². The van der Waals surface area contributed by atoms with Gasteiger partial charge < -0.3 is 14.9 Å². The lowest BCUT2D eigenvalue weighted by molar-refractivity contribution is -0.0396. The van der Waals surface area contributed by atoms with Gasteiger partial charge in [-0.15, -0.1) is 0 Å². The van der Waals surface area contributed by atoms with E-state index in [0.717, 1.165) is 25.9 Å². The number of aryl methyl sites for hydroxylation is 1. The molecule has 1 aromatic carbocycles. The Balaban J connectivity index is 1.84. The molecule has 1 aliphatic rings. The summed E-state index contributed by atoms with van der Waals surface area (Å²) in [6.45, 7) is 9.97. The van der Waals surface area contributed by atoms with Crippen LogP contribution in [0, 0.1) is 0 Å². The van der Waals surface area contributed by atoms with Gasteiger partial charge >= 0.3 is 0 Å². The van der Waals surface area contributed by atoms with E-state index in [1.165, 1.54) is 11.1 Å². The largest absolute Gasteiger partial charge is 0.390 e. The van der Waals surface area contributed by atoms with Crippen molar-refractivity contribution in [2.45, 2.75) is 71.0 Å². The Bertz CT molecular complexity index is 478. The van der Waals surface area contributed by atoms with Crippen LogP contribution in [0.2, 0.25) is 0 Å². The first-order valence-corrected chi connectivity index (χ1v) is 8.59. The Labute approximate surface area is 140 Å². The highest BCUT2D eigenvalue weighted by atomic mass is 16.5. The molecule has 1 aliphatic heterocycles. The number of β-amino-alcohol motifs (C(OH)–C–C–N with tert-alkyl or cyclic N) is 1. The third-order valence-corrected chi connectivity index (χ3v) is 4.21. The summed E-state index contributed by atoms with van der Waals surface area (Å²) < 4.78 is 5.76. The van der Waals surface area contributed by atoms with E-state index < -0.39 is 11.7 Å². The van der Waals surface area contributed by atoms with Crippen molar-refractivity contribution in [2.24, 2.45) is 0 Å². The second kappa shape index (κ2) is 7.75. The Morgan fingerprint density at radius 3 is 2.35 bits per heavy atom. The predicted molar refractivity (Wildman–Crippen MR) is 92.4 cm³/mol. The molecule has 130 valence electrons. The molecule has 1 fully saturated rings. The molecule has 1 heterocycles. The summed E-state index contributed by atoms with van der Waals surface area (Å²) in [4.78, 5) is 2.24. The second-order valence-corrected chi connectivity index (χ2v) is 7.61. The van der Waals surface area contributed by atoms with Crippen LogP contribution < -0.4 is 0 Å². The minimum absolute atomic E-state index is 0.0824. The highest BCUT2D eigenvalue weighted by Crippen LogP contribution is 2.19. The van der Waals surface area contributed by atoms with Gasteiger partial charge in [-0.2, -0.15) is 0 Å². The first kappa shape index (κ1) is 18.4. The van der Waals surface area contributed by atoms with Crippen molar-refractivity contribution < 1.29 is 14.9 Å². The molecule has 0 saturated carbocycles. The molecular formula is C19H31NO3. The fourth-order valence-electron chi connectivity index (χ4n) is 2.96. The van der Waals surface area contributed by atoms with Crippen molar-refractivity contribution in [3.8, 4) is 0 Å². The fourth-order valence-corrected chi connectivity index (χ4v) is 2.96. The van der Waals surface area contributed by atoms with Crippen LogP contribution in [-0.2, 0) is 17.7 Å². The third-order valence-electron chi connectivity index (χ3n) is 4.21. The van der Waals surface area contributed by atoms with Gasteiger partial charge in [-0.1, -0.05) is 24.3 Å². The molecule has 2 N–H and O–H groups in total. The Morgan fingerprint density at radius 1 is 1.17 bits per heavy atom. The van der Waals surface area contributed by atoms with E-state index in [1.54, 1.807) is 0 Å². The number of rotatable bonds is 7. The number of hydrogen-bond acceptors (Lipinski definition) is 4. The third kappa shape index (κ3) is 6.22. The van der Waals surface area contributed by atoms with Crippen LogP contribution in [0.5, 0.6) is 0 Å². The molecule has 2 rings (SSSR count). The molecule has 2 atom stereocenters. The summed E-state index contributed by atoms with van der Waals surface area (Å²) in [6, 6.07) is 8.55. The highest BCUT2D eigenvalue weighted by molar-refractivity contribution is 5.23. The summed E-state index contributed by atoms with van der Waals surface area (Å²) in [5, 5.41) is 19.9. The van der Waals surface area contributed by atoms with Crippen molar-refractivity contribution in [1.82, 2.24) is 4.90 Å². The van der Waals surface area contributed by atoms with E-state index in [4.69, 9.17) is 4.74 Å². The van der Waals surface area contributed by atoms with Gasteiger partial charge in [0.25, 0.3) is 0 Å². The lowest BCUT2D eigenvalue weighted by Gasteiger charge is -2.18. The van der Waals surface area contributed by atoms with Crippen LogP contribution in [0.25, 0.3) is 0 Å². The average Bonchev–Trinajstić information content (AvgIpc) is 2.76. The zero-order valence-electron chi connectivity index (χ0n) is 14.8. The molecule has 4 heteroatoms. The molecule has 0 bridgehead atoms. The smallest absolute Gasteiger partial charge is 0.0976 e. The maximum Gasteiger partial charge on any atom is 0.0976 e. The number of ether oxygens (including phenoxy) is 1. The minimum Gasteiger partial charge on any atom is -0.390 e. The maximum atomic E-state index is 10.1. The van der Waals surface area contributed by atoms with Crippen molar-refractivity contribution in [3.63, 3.8) is 0 Å². The zero-order chi connectivity index (χ0) is 17.0. The molecular weight excluding hydrogens is 290 g/mol. The van der Waals surface area contributed by atoms with Crippen LogP contribution in [0.15, 0.2) is 24.3 Å². The standard InChI is InChI=1S/C19H31NO3/c1-14(2)23-18-13-20(12-17(18)21)11-16-7-5-15(6-8-16)9-10-19(3,4)22/h5-8,14,17-18,21-22H,9-13H2,1-4H3. The maximum absolute atomic E-state index is 10.1. The van der Waals surface area contributed by atoms with Gasteiger partial charge in [0.15, 0.2) is 0 Å². The van der Waals surface area contributed by atoms with Crippen molar-refractivity contribution in [1.29, 1.82) is 0 Å². The molecule has 0 aliphatic carbocycles. The van der Waals surface area contributed by atoms with Crippen LogP contribution in [0.4, 0.5) is 0 Å². The topological polar surface area (TPSA) is 52.9 Å². The number of nitrogens with zero attached hydrogens (tertiary/aromatic N) is 1. The molecule has 23 heavy (non-hydrogen) atoms. The van der Waals surface area contributed by atoms with Crippen LogP contribution in [0.1, 0.15) is 45.2 Å². The molecule has 0 radical (unpaired) electrons. The van der Waals surface area contributed by atoms with Gasteiger partial charge in [-0.05, 0) is 51.7 Å². The van der Waals surface area contributed by atoms with Gasteiger partial charge in [-0.25, -0.2) is 0 Å². The predicted octanol–water partition coefficient (Wildman–Crippen LogP) is 2.36. The normalized spacial score (nSPS) is 22.9. The number of aliphatic hydroxyl groups is 2. The molecule has 1 aromatic rings. The summed E-state index contributed by atoms with van der Waals surface area (Å²) >= 11 is 0. The second-order valence-electron chi connectivity index (χ2n) is 7.61. The van der Waals surface area contributed by atoms with E-state index in [-0.39, 0.29) is 12.2 Å². The van der Waals surface area contributed by atoms with Crippen LogP contribution >= 0.6 is 0 Å². The molecule has 0 spiro atoms. The Morgan fingerprint density at radius 2 is 1.78 bits per heavy atom. The molecule has 0 amide bonds. The van der Waals surface area contributed by atoms with Gasteiger partial charge in [0.05, 0.1) is 23.9 Å². The van der Waals surface area contributed by atoms with E-state index in [0.29, 0.717) is 6.54 Å². The van der Waals surface area contributed by atoms with Gasteiger partial charge in [0.1, 0.15) is 0 Å². The number of aliphatic hydroxyl groups excluding tert-OH is 1. The highest BCUT2D eigenvalue weighted by Gasteiger charge is 2.32. The summed E-state index contributed by atoms with van der Waals surface area (Å²) in [7, 11) is 0. The van der Waals surface area contributed by atoms with Gasteiger partial charge in [0, 0.05) is 19.6 Å². The summed E-state index contributed by atoms with van der Waals surface area (Å²) in [5.74, 6) is 0. The Kier molecular flexibility index (Phi) is 6.20. The fraction of sp³-hybridized carbons (Fsp3) is 0.684. The van der Waals surface area contributed by atoms with Crippen LogP contribution in [0.3, 0.4) is 0 Å². The summed E-state index contributed by atoms with van der Waals surface area (Å²) in [5.41, 5.74) is 1.88. The molecule has 0 aromatic heterocycles. The minimum atomic E-state index is -0.615. The summed E-state index contributed by atoms with van der Waals surface area (Å²) in [6.07, 6.45) is 1.31. The van der Waals surface area contributed by atoms with E-state index >= 15 is 0 Å². The average molecular weight is 321 g/mol. The van der Waals surface area contributed by atoms with E-state index in [9.17, 15) is 10.2 Å².